The number of para-hydroxylation sites is 1. The minimum absolute atomic E-state index is 0.0937. The maximum atomic E-state index is 13.1. The third-order valence-corrected chi connectivity index (χ3v) is 6.03. The van der Waals surface area contributed by atoms with Gasteiger partial charge in [0.1, 0.15) is 5.69 Å². The number of halogens is 3. The van der Waals surface area contributed by atoms with Crippen molar-refractivity contribution in [3.63, 3.8) is 0 Å². The number of anilines is 2. The highest BCUT2D eigenvalue weighted by Crippen LogP contribution is 2.27. The Hall–Kier alpha value is -3.33. The first-order valence-electron chi connectivity index (χ1n) is 9.98. The minimum atomic E-state index is -0.942. The van der Waals surface area contributed by atoms with E-state index in [1.807, 2.05) is 19.1 Å². The normalized spacial score (nSPS) is 10.7. The summed E-state index contributed by atoms with van der Waals surface area (Å²) in [6, 6.07) is 18.6. The fourth-order valence-corrected chi connectivity index (χ4v) is 4.13. The highest BCUT2D eigenvalue weighted by Gasteiger charge is 2.22. The first-order valence-corrected chi connectivity index (χ1v) is 11.5. The van der Waals surface area contributed by atoms with E-state index in [-0.39, 0.29) is 10.7 Å². The van der Waals surface area contributed by atoms with Crippen molar-refractivity contribution in [3.8, 4) is 0 Å². The van der Waals surface area contributed by atoms with E-state index in [9.17, 15) is 14.4 Å². The van der Waals surface area contributed by atoms with Gasteiger partial charge in [-0.05, 0) is 61.0 Å². The number of rotatable bonds is 4. The second kappa shape index (κ2) is 9.89. The van der Waals surface area contributed by atoms with Gasteiger partial charge in [-0.1, -0.05) is 57.3 Å². The van der Waals surface area contributed by atoms with E-state index in [0.29, 0.717) is 27.3 Å². The standard InChI is InChI=1S/C24H17BrCl2N4O3/c1-13-4-2-3-5-18(13)28-23(33)24(34)30-31-20-9-6-15(25)10-14(20)11-21(31)22(32)29-19-8-7-16(26)12-17(19)27/h2-12H,1H3,(H,28,33)(H,29,32)(H,30,34). The lowest BCUT2D eigenvalue weighted by atomic mass is 10.2. The maximum absolute atomic E-state index is 13.1. The van der Waals surface area contributed by atoms with E-state index >= 15 is 0 Å². The molecule has 0 radical (unpaired) electrons. The zero-order valence-corrected chi connectivity index (χ0v) is 20.8. The molecule has 0 unspecified atom stereocenters. The van der Waals surface area contributed by atoms with E-state index in [1.165, 1.54) is 10.7 Å². The molecule has 3 amide bonds. The van der Waals surface area contributed by atoms with Gasteiger partial charge in [0.05, 0.1) is 16.2 Å². The summed E-state index contributed by atoms with van der Waals surface area (Å²) in [5, 5.41) is 6.63. The summed E-state index contributed by atoms with van der Waals surface area (Å²) in [5.74, 6) is -2.36. The molecule has 0 bridgehead atoms. The van der Waals surface area contributed by atoms with Gasteiger partial charge in [-0.15, -0.1) is 0 Å². The summed E-state index contributed by atoms with van der Waals surface area (Å²) >= 11 is 15.5. The number of nitrogens with one attached hydrogen (secondary N) is 3. The number of nitrogens with zero attached hydrogens (tertiary/aromatic N) is 1. The summed E-state index contributed by atoms with van der Waals surface area (Å²) < 4.78 is 2.05. The third-order valence-electron chi connectivity index (χ3n) is 4.99. The molecule has 0 spiro atoms. The van der Waals surface area contributed by atoms with Gasteiger partial charge in [-0.2, -0.15) is 0 Å². The number of fused-ring (bicyclic) bond motifs is 1. The maximum Gasteiger partial charge on any atom is 0.328 e. The molecular weight excluding hydrogens is 543 g/mol. The Labute approximate surface area is 213 Å². The molecule has 10 heteroatoms. The van der Waals surface area contributed by atoms with Crippen LogP contribution in [0.2, 0.25) is 10.0 Å². The molecule has 7 nitrogen and oxygen atoms in total. The van der Waals surface area contributed by atoms with E-state index in [4.69, 9.17) is 23.2 Å². The Balaban J connectivity index is 1.65. The SMILES string of the molecule is Cc1ccccc1NC(=O)C(=O)Nn1c(C(=O)Nc2ccc(Cl)cc2Cl)cc2cc(Br)ccc21. The van der Waals surface area contributed by atoms with Gasteiger partial charge in [0, 0.05) is 20.6 Å². The lowest BCUT2D eigenvalue weighted by Crippen LogP contribution is -2.36. The van der Waals surface area contributed by atoms with Crippen LogP contribution >= 0.6 is 39.1 Å². The fourth-order valence-electron chi connectivity index (χ4n) is 3.30. The van der Waals surface area contributed by atoms with Gasteiger partial charge in [-0.3, -0.25) is 19.8 Å². The van der Waals surface area contributed by atoms with Crippen LogP contribution in [0.1, 0.15) is 16.1 Å². The summed E-state index contributed by atoms with van der Waals surface area (Å²) in [4.78, 5) is 38.4. The average Bonchev–Trinajstić information content (AvgIpc) is 3.14. The number of aromatic nitrogens is 1. The summed E-state index contributed by atoms with van der Waals surface area (Å²) in [6.45, 7) is 1.81. The second-order valence-electron chi connectivity index (χ2n) is 7.36. The van der Waals surface area contributed by atoms with Crippen molar-refractivity contribution in [1.29, 1.82) is 0 Å². The van der Waals surface area contributed by atoms with Gasteiger partial charge in [0.2, 0.25) is 0 Å². The van der Waals surface area contributed by atoms with Crippen LogP contribution in [-0.4, -0.2) is 22.4 Å². The summed E-state index contributed by atoms with van der Waals surface area (Å²) in [6.07, 6.45) is 0. The second-order valence-corrected chi connectivity index (χ2v) is 9.12. The van der Waals surface area contributed by atoms with Gasteiger partial charge in [0.25, 0.3) is 5.91 Å². The smallest absolute Gasteiger partial charge is 0.319 e. The van der Waals surface area contributed by atoms with Gasteiger partial charge < -0.3 is 10.6 Å². The third kappa shape index (κ3) is 5.09. The van der Waals surface area contributed by atoms with Crippen LogP contribution in [0.15, 0.2) is 71.2 Å². The van der Waals surface area contributed by atoms with Crippen LogP contribution in [0.5, 0.6) is 0 Å². The van der Waals surface area contributed by atoms with E-state index in [2.05, 4.69) is 32.0 Å². The number of benzene rings is 3. The van der Waals surface area contributed by atoms with Crippen molar-refractivity contribution in [3.05, 3.63) is 92.5 Å². The molecule has 4 aromatic rings. The monoisotopic (exact) mass is 558 g/mol. The quantitative estimate of drug-likeness (QED) is 0.268. The van der Waals surface area contributed by atoms with E-state index in [0.717, 1.165) is 10.0 Å². The first-order chi connectivity index (χ1) is 16.2. The molecule has 1 aromatic heterocycles. The molecule has 0 fully saturated rings. The molecule has 3 N–H and O–H groups in total. The van der Waals surface area contributed by atoms with Crippen LogP contribution in [-0.2, 0) is 9.59 Å². The molecule has 0 saturated carbocycles. The topological polar surface area (TPSA) is 92.2 Å². The van der Waals surface area contributed by atoms with Crippen LogP contribution in [0.4, 0.5) is 11.4 Å². The zero-order chi connectivity index (χ0) is 24.4. The fraction of sp³-hybridized carbons (Fsp3) is 0.0417. The van der Waals surface area contributed by atoms with Gasteiger partial charge in [-0.25, -0.2) is 4.68 Å². The van der Waals surface area contributed by atoms with Crippen LogP contribution in [0.25, 0.3) is 10.9 Å². The van der Waals surface area contributed by atoms with Crippen molar-refractivity contribution in [1.82, 2.24) is 4.68 Å². The summed E-state index contributed by atoms with van der Waals surface area (Å²) in [7, 11) is 0. The molecule has 4 rings (SSSR count). The van der Waals surface area contributed by atoms with Crippen molar-refractivity contribution in [2.75, 3.05) is 16.1 Å². The number of aryl methyl sites for hydroxylation is 1. The van der Waals surface area contributed by atoms with Crippen molar-refractivity contribution < 1.29 is 14.4 Å². The van der Waals surface area contributed by atoms with Gasteiger partial charge in [0.15, 0.2) is 0 Å². The predicted molar refractivity (Wildman–Crippen MR) is 138 cm³/mol. The molecule has 3 aromatic carbocycles. The molecule has 172 valence electrons. The molecule has 0 saturated heterocycles. The Morgan fingerprint density at radius 1 is 0.853 bits per heavy atom. The average molecular weight is 560 g/mol. The van der Waals surface area contributed by atoms with Crippen molar-refractivity contribution in [2.24, 2.45) is 0 Å². The molecule has 0 aliphatic heterocycles. The molecule has 1 heterocycles. The van der Waals surface area contributed by atoms with Crippen LogP contribution in [0.3, 0.4) is 0 Å². The largest absolute Gasteiger partial charge is 0.328 e. The van der Waals surface area contributed by atoms with Crippen LogP contribution in [0, 0.1) is 6.92 Å². The molecule has 0 aliphatic carbocycles. The molecule has 0 atom stereocenters. The Kier molecular flexibility index (Phi) is 6.92. The predicted octanol–water partition coefficient (Wildman–Crippen LogP) is 5.98. The van der Waals surface area contributed by atoms with Crippen LogP contribution < -0.4 is 16.1 Å². The molecule has 34 heavy (non-hydrogen) atoms. The van der Waals surface area contributed by atoms with Crippen molar-refractivity contribution >= 4 is 79.1 Å². The zero-order valence-electron chi connectivity index (χ0n) is 17.7. The highest BCUT2D eigenvalue weighted by molar-refractivity contribution is 9.10. The number of carbonyl (C=O) groups is 3. The Morgan fingerprint density at radius 2 is 1.62 bits per heavy atom. The number of carbonyl (C=O) groups excluding carboxylic acids is 3. The lowest BCUT2D eigenvalue weighted by molar-refractivity contribution is -0.133. The lowest BCUT2D eigenvalue weighted by Gasteiger charge is -2.14. The summed E-state index contributed by atoms with van der Waals surface area (Å²) in [5.41, 5.74) is 4.80. The molecule has 0 aliphatic rings. The Bertz CT molecular complexity index is 1450. The number of hydrogen-bond acceptors (Lipinski definition) is 3. The minimum Gasteiger partial charge on any atom is -0.319 e. The van der Waals surface area contributed by atoms with Gasteiger partial charge >= 0.3 is 11.8 Å². The van der Waals surface area contributed by atoms with Crippen molar-refractivity contribution in [2.45, 2.75) is 6.92 Å². The van der Waals surface area contributed by atoms with E-state index in [1.54, 1.807) is 48.5 Å². The number of amides is 3. The van der Waals surface area contributed by atoms with E-state index < -0.39 is 17.7 Å². The molecular formula is C24H17BrCl2N4O3. The highest BCUT2D eigenvalue weighted by atomic mass is 79.9. The Morgan fingerprint density at radius 3 is 2.35 bits per heavy atom. The first kappa shape index (κ1) is 23.8. The number of hydrogen-bond donors (Lipinski definition) is 3.